The van der Waals surface area contributed by atoms with Crippen LogP contribution in [0.1, 0.15) is 37.1 Å². The average molecular weight is 444 g/mol. The van der Waals surface area contributed by atoms with Crippen LogP contribution >= 0.6 is 11.3 Å². The number of rotatable bonds is 5. The molecule has 0 N–H and O–H groups in total. The summed E-state index contributed by atoms with van der Waals surface area (Å²) < 4.78 is 5.83. The van der Waals surface area contributed by atoms with Crippen molar-refractivity contribution in [2.24, 2.45) is 17.3 Å². The van der Waals surface area contributed by atoms with Crippen LogP contribution in [0.15, 0.2) is 81.0 Å². The molecule has 2 aromatic carbocycles. The molecule has 0 aliphatic heterocycles. The predicted octanol–water partition coefficient (Wildman–Crippen LogP) is 4.67. The van der Waals surface area contributed by atoms with E-state index in [0.29, 0.717) is 17.3 Å². The molecule has 6 nitrogen and oxygen atoms in total. The van der Waals surface area contributed by atoms with Gasteiger partial charge in [0.25, 0.3) is 5.56 Å². The van der Waals surface area contributed by atoms with Crippen molar-refractivity contribution in [1.82, 2.24) is 13.9 Å². The first-order chi connectivity index (χ1) is 15.6. The molecular formula is C25H25N5OS. The maximum Gasteiger partial charge on any atom is 0.280 e. The van der Waals surface area contributed by atoms with Gasteiger partial charge in [0.2, 0.25) is 4.80 Å². The molecule has 162 valence electrons. The van der Waals surface area contributed by atoms with Crippen LogP contribution in [-0.2, 0) is 7.05 Å². The third kappa shape index (κ3) is 3.58. The van der Waals surface area contributed by atoms with Gasteiger partial charge >= 0.3 is 0 Å². The SMILES string of the molecule is C/C(=N\N=c1\scc(-c2ccccc2)n1C1CC1)c1c(C)n(C)n(-c2ccccc2)c1=O. The largest absolute Gasteiger partial charge is 0.312 e. The normalized spacial score (nSPS) is 14.8. The summed E-state index contributed by atoms with van der Waals surface area (Å²) >= 11 is 1.59. The number of aromatic nitrogens is 3. The van der Waals surface area contributed by atoms with Crippen molar-refractivity contribution in [2.75, 3.05) is 0 Å². The molecule has 0 radical (unpaired) electrons. The maximum absolute atomic E-state index is 13.3. The Morgan fingerprint density at radius 2 is 1.69 bits per heavy atom. The minimum atomic E-state index is -0.0844. The molecule has 1 aliphatic rings. The molecule has 0 saturated heterocycles. The molecule has 1 aliphatic carbocycles. The molecule has 1 fully saturated rings. The van der Waals surface area contributed by atoms with E-state index in [4.69, 9.17) is 0 Å². The lowest BCUT2D eigenvalue weighted by Crippen LogP contribution is -2.22. The van der Waals surface area contributed by atoms with Gasteiger partial charge in [-0.05, 0) is 44.4 Å². The summed E-state index contributed by atoms with van der Waals surface area (Å²) in [6.45, 7) is 3.80. The predicted molar refractivity (Wildman–Crippen MR) is 130 cm³/mol. The summed E-state index contributed by atoms with van der Waals surface area (Å²) in [7, 11) is 1.89. The number of para-hydroxylation sites is 1. The van der Waals surface area contributed by atoms with E-state index in [0.717, 1.165) is 29.0 Å². The van der Waals surface area contributed by atoms with Gasteiger partial charge in [-0.1, -0.05) is 48.5 Å². The lowest BCUT2D eigenvalue weighted by atomic mass is 10.2. The molecule has 0 amide bonds. The molecule has 4 aromatic rings. The van der Waals surface area contributed by atoms with Gasteiger partial charge in [-0.25, -0.2) is 4.68 Å². The van der Waals surface area contributed by atoms with Gasteiger partial charge in [0, 0.05) is 24.2 Å². The Labute approximate surface area is 190 Å². The Morgan fingerprint density at radius 3 is 2.34 bits per heavy atom. The van der Waals surface area contributed by atoms with Crippen LogP contribution in [-0.4, -0.2) is 19.6 Å². The van der Waals surface area contributed by atoms with Gasteiger partial charge in [0.05, 0.1) is 22.7 Å². The number of hydrogen-bond donors (Lipinski definition) is 0. The highest BCUT2D eigenvalue weighted by Crippen LogP contribution is 2.37. The molecule has 0 unspecified atom stereocenters. The number of benzene rings is 2. The first-order valence-electron chi connectivity index (χ1n) is 10.7. The summed E-state index contributed by atoms with van der Waals surface area (Å²) in [5.74, 6) is 0. The van der Waals surface area contributed by atoms with E-state index in [1.54, 1.807) is 16.0 Å². The minimum absolute atomic E-state index is 0.0844. The molecule has 2 heterocycles. The fourth-order valence-corrected chi connectivity index (χ4v) is 4.97. The monoisotopic (exact) mass is 443 g/mol. The summed E-state index contributed by atoms with van der Waals surface area (Å²) in [6.07, 6.45) is 2.32. The standard InChI is InChI=1S/C25H25N5OS/c1-17(23-18(2)28(3)30(24(23)31)21-12-8-5-9-13-21)26-27-25-29(20-14-15-20)22(16-32-25)19-10-6-4-7-11-19/h4-13,16,20H,14-15H2,1-3H3/b26-17+,27-25+. The highest BCUT2D eigenvalue weighted by Gasteiger charge is 2.27. The zero-order valence-corrected chi connectivity index (χ0v) is 19.2. The van der Waals surface area contributed by atoms with E-state index in [1.807, 2.05) is 62.0 Å². The Morgan fingerprint density at radius 1 is 1.03 bits per heavy atom. The van der Waals surface area contributed by atoms with Crippen LogP contribution in [0.2, 0.25) is 0 Å². The Kier molecular flexibility index (Phi) is 5.27. The third-order valence-electron chi connectivity index (χ3n) is 5.92. The topological polar surface area (TPSA) is 56.6 Å². The fraction of sp³-hybridized carbons (Fsp3) is 0.240. The minimum Gasteiger partial charge on any atom is -0.312 e. The molecule has 1 saturated carbocycles. The van der Waals surface area contributed by atoms with Crippen molar-refractivity contribution >= 4 is 17.0 Å². The second-order valence-corrected chi connectivity index (χ2v) is 8.93. The smallest absolute Gasteiger partial charge is 0.280 e. The zero-order chi connectivity index (χ0) is 22.2. The second kappa shape index (κ2) is 8.24. The molecule has 0 spiro atoms. The van der Waals surface area contributed by atoms with Crippen LogP contribution in [0, 0.1) is 6.92 Å². The van der Waals surface area contributed by atoms with Crippen molar-refractivity contribution in [3.63, 3.8) is 0 Å². The molecule has 5 rings (SSSR count). The van der Waals surface area contributed by atoms with Crippen LogP contribution < -0.4 is 10.4 Å². The summed E-state index contributed by atoms with van der Waals surface area (Å²) in [5.41, 5.74) is 5.18. The van der Waals surface area contributed by atoms with Crippen molar-refractivity contribution in [1.29, 1.82) is 0 Å². The maximum atomic E-state index is 13.3. The molecule has 2 aromatic heterocycles. The van der Waals surface area contributed by atoms with Gasteiger partial charge < -0.3 is 4.57 Å². The molecular weight excluding hydrogens is 418 g/mol. The van der Waals surface area contributed by atoms with Crippen molar-refractivity contribution in [3.8, 4) is 16.9 Å². The van der Waals surface area contributed by atoms with Gasteiger partial charge in [0.1, 0.15) is 0 Å². The highest BCUT2D eigenvalue weighted by atomic mass is 32.1. The lowest BCUT2D eigenvalue weighted by molar-refractivity contribution is 0.630. The fourth-order valence-electron chi connectivity index (χ4n) is 4.05. The molecule has 7 heteroatoms. The van der Waals surface area contributed by atoms with Gasteiger partial charge in [-0.15, -0.1) is 16.4 Å². The van der Waals surface area contributed by atoms with Gasteiger partial charge in [-0.3, -0.25) is 9.48 Å². The number of nitrogens with zero attached hydrogens (tertiary/aromatic N) is 5. The first kappa shape index (κ1) is 20.5. The number of thiazole rings is 1. The second-order valence-electron chi connectivity index (χ2n) is 8.09. The molecule has 0 bridgehead atoms. The van der Waals surface area contributed by atoms with E-state index in [1.165, 1.54) is 11.3 Å². The van der Waals surface area contributed by atoms with Crippen LogP contribution in [0.5, 0.6) is 0 Å². The average Bonchev–Trinajstić information content (AvgIpc) is 3.52. The highest BCUT2D eigenvalue weighted by molar-refractivity contribution is 7.07. The van der Waals surface area contributed by atoms with Gasteiger partial charge in [0.15, 0.2) is 0 Å². The first-order valence-corrected chi connectivity index (χ1v) is 11.6. The number of hydrogen-bond acceptors (Lipinski definition) is 4. The van der Waals surface area contributed by atoms with E-state index in [9.17, 15) is 4.79 Å². The van der Waals surface area contributed by atoms with E-state index in [2.05, 4.69) is 44.4 Å². The van der Waals surface area contributed by atoms with E-state index < -0.39 is 0 Å². The van der Waals surface area contributed by atoms with Crippen molar-refractivity contribution in [3.05, 3.63) is 92.5 Å². The van der Waals surface area contributed by atoms with Crippen LogP contribution in [0.25, 0.3) is 16.9 Å². The van der Waals surface area contributed by atoms with E-state index >= 15 is 0 Å². The molecule has 0 atom stereocenters. The summed E-state index contributed by atoms with van der Waals surface area (Å²) in [4.78, 5) is 14.1. The van der Waals surface area contributed by atoms with Crippen molar-refractivity contribution < 1.29 is 0 Å². The summed E-state index contributed by atoms with van der Waals surface area (Å²) in [5, 5.41) is 11.3. The van der Waals surface area contributed by atoms with E-state index in [-0.39, 0.29) is 5.56 Å². The van der Waals surface area contributed by atoms with Gasteiger partial charge in [-0.2, -0.15) is 5.10 Å². The van der Waals surface area contributed by atoms with Crippen molar-refractivity contribution in [2.45, 2.75) is 32.7 Å². The van der Waals surface area contributed by atoms with Crippen LogP contribution in [0.3, 0.4) is 0 Å². The Bertz CT molecular complexity index is 1420. The third-order valence-corrected chi connectivity index (χ3v) is 6.76. The Balaban J connectivity index is 1.58. The molecule has 32 heavy (non-hydrogen) atoms. The Hall–Kier alpha value is -3.45. The zero-order valence-electron chi connectivity index (χ0n) is 18.4. The summed E-state index contributed by atoms with van der Waals surface area (Å²) in [6, 6.07) is 20.5. The van der Waals surface area contributed by atoms with Crippen LogP contribution in [0.4, 0.5) is 0 Å². The quantitative estimate of drug-likeness (QED) is 0.327. The lowest BCUT2D eigenvalue weighted by Gasteiger charge is -2.07.